The number of hydrogen-bond donors (Lipinski definition) is 2. The number of nitrogens with one attached hydrogen (secondary N) is 1. The summed E-state index contributed by atoms with van der Waals surface area (Å²) in [6.07, 6.45) is 0.375. The van der Waals surface area contributed by atoms with Gasteiger partial charge in [0.2, 0.25) is 5.91 Å². The standard InChI is InChI=1S/C10H14N2O4/c1-3-8(10(14)15)11-9(13)5-7-4-6(2)16-12-7/h4,8H,3,5H2,1-2H3,(H,11,13)(H,14,15). The molecule has 0 aromatic carbocycles. The van der Waals surface area contributed by atoms with E-state index in [0.29, 0.717) is 17.9 Å². The van der Waals surface area contributed by atoms with Crippen molar-refractivity contribution in [3.8, 4) is 0 Å². The van der Waals surface area contributed by atoms with E-state index in [1.807, 2.05) is 0 Å². The van der Waals surface area contributed by atoms with Gasteiger partial charge in [0.1, 0.15) is 11.8 Å². The van der Waals surface area contributed by atoms with Crippen LogP contribution in [0.1, 0.15) is 24.8 Å². The molecular weight excluding hydrogens is 212 g/mol. The fourth-order valence-corrected chi connectivity index (χ4v) is 1.25. The Morgan fingerprint density at radius 1 is 1.62 bits per heavy atom. The maximum absolute atomic E-state index is 11.4. The third-order valence-electron chi connectivity index (χ3n) is 2.06. The molecule has 6 heteroatoms. The summed E-state index contributed by atoms with van der Waals surface area (Å²) in [6.45, 7) is 3.42. The summed E-state index contributed by atoms with van der Waals surface area (Å²) in [7, 11) is 0. The normalized spacial score (nSPS) is 12.1. The van der Waals surface area contributed by atoms with E-state index in [-0.39, 0.29) is 12.3 Å². The second-order valence-corrected chi connectivity index (χ2v) is 3.47. The molecular formula is C10H14N2O4. The number of aryl methyl sites for hydroxylation is 1. The van der Waals surface area contributed by atoms with E-state index in [2.05, 4.69) is 10.5 Å². The quantitative estimate of drug-likeness (QED) is 0.762. The molecule has 0 aliphatic heterocycles. The number of hydrogen-bond acceptors (Lipinski definition) is 4. The lowest BCUT2D eigenvalue weighted by atomic mass is 10.2. The Morgan fingerprint density at radius 2 is 2.31 bits per heavy atom. The lowest BCUT2D eigenvalue weighted by molar-refractivity contribution is -0.141. The van der Waals surface area contributed by atoms with Crippen molar-refractivity contribution in [2.75, 3.05) is 0 Å². The van der Waals surface area contributed by atoms with Crippen molar-refractivity contribution in [2.45, 2.75) is 32.7 Å². The van der Waals surface area contributed by atoms with Crippen LogP contribution in [0, 0.1) is 6.92 Å². The third kappa shape index (κ3) is 3.38. The minimum atomic E-state index is -1.04. The van der Waals surface area contributed by atoms with Gasteiger partial charge in [0.05, 0.1) is 12.1 Å². The maximum Gasteiger partial charge on any atom is 0.326 e. The molecule has 0 saturated heterocycles. The predicted octanol–water partition coefficient (Wildman–Crippen LogP) is 0.505. The number of carboxylic acids is 1. The van der Waals surface area contributed by atoms with Gasteiger partial charge in [0.15, 0.2) is 0 Å². The number of rotatable bonds is 5. The molecule has 1 aromatic rings. The van der Waals surface area contributed by atoms with Crippen LogP contribution in [0.2, 0.25) is 0 Å². The van der Waals surface area contributed by atoms with Gasteiger partial charge in [-0.15, -0.1) is 0 Å². The molecule has 1 unspecified atom stereocenters. The molecule has 88 valence electrons. The molecule has 0 aliphatic carbocycles. The van der Waals surface area contributed by atoms with Gasteiger partial charge in [-0.05, 0) is 13.3 Å². The fraction of sp³-hybridized carbons (Fsp3) is 0.500. The van der Waals surface area contributed by atoms with Crippen LogP contribution in [-0.4, -0.2) is 28.2 Å². The van der Waals surface area contributed by atoms with Crippen LogP contribution >= 0.6 is 0 Å². The van der Waals surface area contributed by atoms with Crippen molar-refractivity contribution in [3.63, 3.8) is 0 Å². The molecule has 1 aromatic heterocycles. The van der Waals surface area contributed by atoms with Gasteiger partial charge < -0.3 is 14.9 Å². The molecule has 2 N–H and O–H groups in total. The first-order valence-corrected chi connectivity index (χ1v) is 4.97. The van der Waals surface area contributed by atoms with Crippen molar-refractivity contribution in [1.82, 2.24) is 10.5 Å². The molecule has 0 saturated carbocycles. The smallest absolute Gasteiger partial charge is 0.326 e. The minimum absolute atomic E-state index is 0.0289. The van der Waals surface area contributed by atoms with E-state index in [0.717, 1.165) is 0 Å². The van der Waals surface area contributed by atoms with E-state index in [1.165, 1.54) is 0 Å². The van der Waals surface area contributed by atoms with Crippen LogP contribution in [-0.2, 0) is 16.0 Å². The summed E-state index contributed by atoms with van der Waals surface area (Å²) in [5, 5.41) is 14.8. The molecule has 0 spiro atoms. The van der Waals surface area contributed by atoms with Gasteiger partial charge in [-0.2, -0.15) is 0 Å². The Bertz CT molecular complexity index is 386. The number of nitrogens with zero attached hydrogens (tertiary/aromatic N) is 1. The Kier molecular flexibility index (Phi) is 4.04. The predicted molar refractivity (Wildman–Crippen MR) is 54.8 cm³/mol. The summed E-state index contributed by atoms with van der Waals surface area (Å²) < 4.78 is 4.80. The van der Waals surface area contributed by atoms with Crippen LogP contribution in [0.5, 0.6) is 0 Å². The first kappa shape index (κ1) is 12.2. The van der Waals surface area contributed by atoms with Crippen LogP contribution in [0.15, 0.2) is 10.6 Å². The minimum Gasteiger partial charge on any atom is -0.480 e. The number of aliphatic carboxylic acids is 1. The number of carboxylic acid groups (broad SMARTS) is 1. The summed E-state index contributed by atoms with van der Waals surface area (Å²) in [6, 6.07) is 0.793. The zero-order valence-corrected chi connectivity index (χ0v) is 9.19. The first-order chi connectivity index (χ1) is 7.52. The Labute approximate surface area is 92.6 Å². The van der Waals surface area contributed by atoms with E-state index in [4.69, 9.17) is 9.63 Å². The second-order valence-electron chi connectivity index (χ2n) is 3.47. The maximum atomic E-state index is 11.4. The highest BCUT2D eigenvalue weighted by Crippen LogP contribution is 2.02. The zero-order chi connectivity index (χ0) is 12.1. The van der Waals surface area contributed by atoms with Crippen molar-refractivity contribution < 1.29 is 19.2 Å². The SMILES string of the molecule is CCC(NC(=O)Cc1cc(C)on1)C(=O)O. The van der Waals surface area contributed by atoms with E-state index in [1.54, 1.807) is 19.9 Å². The van der Waals surface area contributed by atoms with Gasteiger partial charge in [0.25, 0.3) is 0 Å². The summed E-state index contributed by atoms with van der Waals surface area (Å²) >= 11 is 0. The molecule has 0 fully saturated rings. The molecule has 0 aliphatic rings. The lowest BCUT2D eigenvalue weighted by Crippen LogP contribution is -2.41. The van der Waals surface area contributed by atoms with Gasteiger partial charge in [-0.3, -0.25) is 4.79 Å². The average molecular weight is 226 g/mol. The van der Waals surface area contributed by atoms with Crippen molar-refractivity contribution in [2.24, 2.45) is 0 Å². The van der Waals surface area contributed by atoms with Crippen LogP contribution in [0.25, 0.3) is 0 Å². The largest absolute Gasteiger partial charge is 0.480 e. The Morgan fingerprint density at radius 3 is 2.75 bits per heavy atom. The van der Waals surface area contributed by atoms with Crippen LogP contribution < -0.4 is 5.32 Å². The van der Waals surface area contributed by atoms with Crippen LogP contribution in [0.3, 0.4) is 0 Å². The molecule has 0 radical (unpaired) electrons. The number of aromatic nitrogens is 1. The molecule has 0 bridgehead atoms. The Hall–Kier alpha value is -1.85. The van der Waals surface area contributed by atoms with Crippen molar-refractivity contribution >= 4 is 11.9 Å². The second kappa shape index (κ2) is 5.29. The summed E-state index contributed by atoms with van der Waals surface area (Å²) in [5.41, 5.74) is 0.496. The van der Waals surface area contributed by atoms with Crippen molar-refractivity contribution in [1.29, 1.82) is 0 Å². The Balaban J connectivity index is 2.50. The van der Waals surface area contributed by atoms with Gasteiger partial charge in [-0.1, -0.05) is 12.1 Å². The van der Waals surface area contributed by atoms with Crippen molar-refractivity contribution in [3.05, 3.63) is 17.5 Å². The summed E-state index contributed by atoms with van der Waals surface area (Å²) in [4.78, 5) is 22.1. The summed E-state index contributed by atoms with van der Waals surface area (Å²) in [5.74, 6) is -0.789. The van der Waals surface area contributed by atoms with Gasteiger partial charge in [-0.25, -0.2) is 4.79 Å². The highest BCUT2D eigenvalue weighted by Gasteiger charge is 2.18. The van der Waals surface area contributed by atoms with E-state index < -0.39 is 12.0 Å². The van der Waals surface area contributed by atoms with Gasteiger partial charge >= 0.3 is 5.97 Å². The number of carbonyl (C=O) groups is 2. The molecule has 6 nitrogen and oxygen atoms in total. The van der Waals surface area contributed by atoms with E-state index >= 15 is 0 Å². The van der Waals surface area contributed by atoms with Gasteiger partial charge in [0, 0.05) is 6.07 Å². The number of amides is 1. The molecule has 1 rings (SSSR count). The number of carbonyl (C=O) groups excluding carboxylic acids is 1. The lowest BCUT2D eigenvalue weighted by Gasteiger charge is -2.10. The molecule has 1 atom stereocenters. The highest BCUT2D eigenvalue weighted by atomic mass is 16.5. The molecule has 16 heavy (non-hydrogen) atoms. The zero-order valence-electron chi connectivity index (χ0n) is 9.19. The first-order valence-electron chi connectivity index (χ1n) is 4.97. The average Bonchev–Trinajstić information content (AvgIpc) is 2.60. The molecule has 1 amide bonds. The monoisotopic (exact) mass is 226 g/mol. The highest BCUT2D eigenvalue weighted by molar-refractivity contribution is 5.84. The molecule has 1 heterocycles. The topological polar surface area (TPSA) is 92.4 Å². The third-order valence-corrected chi connectivity index (χ3v) is 2.06. The van der Waals surface area contributed by atoms with E-state index in [9.17, 15) is 9.59 Å². The fourth-order valence-electron chi connectivity index (χ4n) is 1.25. The van der Waals surface area contributed by atoms with Crippen LogP contribution in [0.4, 0.5) is 0 Å².